The molecule has 0 atom stereocenters. The summed E-state index contributed by atoms with van der Waals surface area (Å²) in [6.07, 6.45) is 3.16. The van der Waals surface area contributed by atoms with Gasteiger partial charge in [-0.25, -0.2) is 4.98 Å². The van der Waals surface area contributed by atoms with E-state index < -0.39 is 0 Å². The van der Waals surface area contributed by atoms with Crippen LogP contribution in [0.25, 0.3) is 17.0 Å². The summed E-state index contributed by atoms with van der Waals surface area (Å²) in [7, 11) is 1.62. The first-order valence-corrected chi connectivity index (χ1v) is 8.17. The highest BCUT2D eigenvalue weighted by Crippen LogP contribution is 2.18. The van der Waals surface area contributed by atoms with Gasteiger partial charge in [-0.05, 0) is 42.0 Å². The Labute approximate surface area is 151 Å². The minimum absolute atomic E-state index is 0.177. The average Bonchev–Trinajstić information content (AvgIpc) is 2.64. The van der Waals surface area contributed by atoms with Gasteiger partial charge in [-0.2, -0.15) is 0 Å². The molecule has 0 aliphatic carbocycles. The van der Waals surface area contributed by atoms with E-state index in [2.05, 4.69) is 10.3 Å². The van der Waals surface area contributed by atoms with Gasteiger partial charge in [0.15, 0.2) is 0 Å². The summed E-state index contributed by atoms with van der Waals surface area (Å²) >= 11 is 5.99. The van der Waals surface area contributed by atoms with E-state index in [9.17, 15) is 4.79 Å². The van der Waals surface area contributed by atoms with Crippen molar-refractivity contribution in [3.05, 3.63) is 77.0 Å². The van der Waals surface area contributed by atoms with Crippen LogP contribution in [0.15, 0.2) is 60.7 Å². The van der Waals surface area contributed by atoms with Crippen LogP contribution in [0.5, 0.6) is 5.75 Å². The number of hydrogen-bond donors (Lipinski definition) is 1. The Morgan fingerprint density at radius 3 is 2.68 bits per heavy atom. The second-order valence-corrected chi connectivity index (χ2v) is 5.91. The molecule has 1 amide bonds. The van der Waals surface area contributed by atoms with Crippen molar-refractivity contribution in [2.75, 3.05) is 7.11 Å². The molecule has 0 unspecified atom stereocenters. The van der Waals surface area contributed by atoms with Crippen LogP contribution in [-0.4, -0.2) is 18.0 Å². The number of pyridine rings is 1. The summed E-state index contributed by atoms with van der Waals surface area (Å²) in [5.74, 6) is 0.612. The molecule has 4 nitrogen and oxygen atoms in total. The van der Waals surface area contributed by atoms with Crippen LogP contribution in [0.2, 0.25) is 5.02 Å². The number of rotatable bonds is 5. The van der Waals surface area contributed by atoms with Crippen molar-refractivity contribution in [1.82, 2.24) is 10.3 Å². The number of benzene rings is 2. The lowest BCUT2D eigenvalue weighted by Gasteiger charge is -2.04. The van der Waals surface area contributed by atoms with Crippen molar-refractivity contribution in [2.24, 2.45) is 0 Å². The van der Waals surface area contributed by atoms with Gasteiger partial charge in [0.2, 0.25) is 5.91 Å². The van der Waals surface area contributed by atoms with Crippen molar-refractivity contribution < 1.29 is 9.53 Å². The first-order valence-electron chi connectivity index (χ1n) is 7.79. The maximum absolute atomic E-state index is 12.0. The topological polar surface area (TPSA) is 51.2 Å². The van der Waals surface area contributed by atoms with Crippen molar-refractivity contribution >= 4 is 34.5 Å². The minimum Gasteiger partial charge on any atom is -0.497 e. The van der Waals surface area contributed by atoms with Crippen molar-refractivity contribution in [3.8, 4) is 5.75 Å². The molecule has 5 heteroatoms. The van der Waals surface area contributed by atoms with Crippen LogP contribution in [0.1, 0.15) is 11.3 Å². The summed E-state index contributed by atoms with van der Waals surface area (Å²) in [4.78, 5) is 16.4. The first-order chi connectivity index (χ1) is 12.1. The minimum atomic E-state index is -0.177. The zero-order chi connectivity index (χ0) is 17.6. The number of carbonyl (C=O) groups excluding carboxylic acids is 1. The van der Waals surface area contributed by atoms with Crippen LogP contribution >= 0.6 is 11.6 Å². The average molecular weight is 353 g/mol. The van der Waals surface area contributed by atoms with E-state index >= 15 is 0 Å². The Bertz CT molecular complexity index is 921. The lowest BCUT2D eigenvalue weighted by Crippen LogP contribution is -2.20. The highest BCUT2D eigenvalue weighted by Gasteiger charge is 2.00. The normalized spacial score (nSPS) is 11.0. The summed E-state index contributed by atoms with van der Waals surface area (Å²) in [5, 5.41) is 4.48. The summed E-state index contributed by atoms with van der Waals surface area (Å²) in [5.41, 5.74) is 2.50. The van der Waals surface area contributed by atoms with Crippen molar-refractivity contribution in [2.45, 2.75) is 6.54 Å². The molecule has 1 heterocycles. The van der Waals surface area contributed by atoms with Gasteiger partial charge in [0.25, 0.3) is 0 Å². The molecule has 3 rings (SSSR count). The number of aromatic nitrogens is 1. The van der Waals surface area contributed by atoms with Crippen LogP contribution in [0.4, 0.5) is 0 Å². The molecule has 3 aromatic rings. The zero-order valence-electron chi connectivity index (χ0n) is 13.7. The fraction of sp³-hybridized carbons (Fsp3) is 0.100. The molecule has 25 heavy (non-hydrogen) atoms. The Balaban J connectivity index is 1.61. The van der Waals surface area contributed by atoms with Crippen LogP contribution in [0, 0.1) is 0 Å². The third kappa shape index (κ3) is 4.58. The van der Waals surface area contributed by atoms with Gasteiger partial charge in [0.1, 0.15) is 5.75 Å². The highest BCUT2D eigenvalue weighted by molar-refractivity contribution is 6.31. The highest BCUT2D eigenvalue weighted by atomic mass is 35.5. The second kappa shape index (κ2) is 7.81. The van der Waals surface area contributed by atoms with E-state index in [0.29, 0.717) is 17.3 Å². The Morgan fingerprint density at radius 2 is 1.92 bits per heavy atom. The monoisotopic (exact) mass is 352 g/mol. The fourth-order valence-corrected chi connectivity index (χ4v) is 2.52. The number of carbonyl (C=O) groups is 1. The molecule has 0 bridgehead atoms. The fourth-order valence-electron chi connectivity index (χ4n) is 2.35. The lowest BCUT2D eigenvalue weighted by atomic mass is 10.2. The zero-order valence-corrected chi connectivity index (χ0v) is 14.5. The number of amides is 1. The number of fused-ring (bicyclic) bond motifs is 1. The van der Waals surface area contributed by atoms with E-state index in [-0.39, 0.29) is 5.91 Å². The van der Waals surface area contributed by atoms with E-state index in [1.54, 1.807) is 19.3 Å². The molecule has 0 fully saturated rings. The number of nitrogens with one attached hydrogen (secondary N) is 1. The van der Waals surface area contributed by atoms with Crippen molar-refractivity contribution in [1.29, 1.82) is 0 Å². The quantitative estimate of drug-likeness (QED) is 0.699. The summed E-state index contributed by atoms with van der Waals surface area (Å²) in [6, 6.07) is 16.9. The molecular formula is C20H17ClN2O2. The van der Waals surface area contributed by atoms with Gasteiger partial charge in [0, 0.05) is 23.0 Å². The molecule has 0 radical (unpaired) electrons. The van der Waals surface area contributed by atoms with Crippen LogP contribution < -0.4 is 10.1 Å². The molecule has 0 aliphatic rings. The second-order valence-electron chi connectivity index (χ2n) is 5.47. The summed E-state index contributed by atoms with van der Waals surface area (Å²) < 4.78 is 5.11. The van der Waals surface area contributed by atoms with Gasteiger partial charge >= 0.3 is 0 Å². The summed E-state index contributed by atoms with van der Waals surface area (Å²) in [6.45, 7) is 0.452. The standard InChI is InChI=1S/C20H17ClN2O2/c1-25-18-9-2-14(3-10-18)13-22-20(24)11-8-17-7-5-15-4-6-16(21)12-19(15)23-17/h2-12H,13H2,1H3,(H,22,24)/b11-8+. The lowest BCUT2D eigenvalue weighted by molar-refractivity contribution is -0.116. The molecule has 126 valence electrons. The van der Waals surface area contributed by atoms with Gasteiger partial charge in [-0.15, -0.1) is 0 Å². The molecule has 0 saturated heterocycles. The van der Waals surface area contributed by atoms with E-state index in [1.165, 1.54) is 6.08 Å². The van der Waals surface area contributed by atoms with Crippen molar-refractivity contribution in [3.63, 3.8) is 0 Å². The predicted molar refractivity (Wildman–Crippen MR) is 101 cm³/mol. The van der Waals surface area contributed by atoms with Crippen LogP contribution in [-0.2, 0) is 11.3 Å². The Hall–Kier alpha value is -2.85. The molecule has 1 N–H and O–H groups in total. The third-order valence-corrected chi connectivity index (χ3v) is 3.94. The number of hydrogen-bond acceptors (Lipinski definition) is 3. The SMILES string of the molecule is COc1ccc(CNC(=O)/C=C/c2ccc3ccc(Cl)cc3n2)cc1. The van der Waals surface area contributed by atoms with Gasteiger partial charge < -0.3 is 10.1 Å². The van der Waals surface area contributed by atoms with Gasteiger partial charge in [-0.3, -0.25) is 4.79 Å². The Morgan fingerprint density at radius 1 is 1.16 bits per heavy atom. The van der Waals surface area contributed by atoms with E-state index in [4.69, 9.17) is 16.3 Å². The molecule has 1 aromatic heterocycles. The van der Waals surface area contributed by atoms with E-state index in [0.717, 1.165) is 22.2 Å². The smallest absolute Gasteiger partial charge is 0.244 e. The maximum Gasteiger partial charge on any atom is 0.244 e. The largest absolute Gasteiger partial charge is 0.497 e. The molecule has 2 aromatic carbocycles. The number of halogens is 1. The number of ether oxygens (including phenoxy) is 1. The third-order valence-electron chi connectivity index (χ3n) is 3.71. The molecule has 0 aliphatic heterocycles. The van der Waals surface area contributed by atoms with E-state index in [1.807, 2.05) is 48.5 Å². The number of methoxy groups -OCH3 is 1. The first kappa shape index (κ1) is 17.0. The molecular weight excluding hydrogens is 336 g/mol. The maximum atomic E-state index is 12.0. The van der Waals surface area contributed by atoms with Gasteiger partial charge in [-0.1, -0.05) is 35.9 Å². The van der Waals surface area contributed by atoms with Gasteiger partial charge in [0.05, 0.1) is 18.3 Å². The molecule has 0 saturated carbocycles. The number of nitrogens with zero attached hydrogens (tertiary/aromatic N) is 1. The Kier molecular flexibility index (Phi) is 5.31. The van der Waals surface area contributed by atoms with Crippen LogP contribution in [0.3, 0.4) is 0 Å². The predicted octanol–water partition coefficient (Wildman–Crippen LogP) is 4.23. The molecule has 0 spiro atoms.